The van der Waals surface area contributed by atoms with E-state index in [-0.39, 0.29) is 5.75 Å². The quantitative estimate of drug-likeness (QED) is 0.513. The Morgan fingerprint density at radius 2 is 1.87 bits per heavy atom. The molecule has 2 N–H and O–H groups in total. The molecular formula is C16H15Cl3N2O2. The second kappa shape index (κ2) is 8.29. The van der Waals surface area contributed by atoms with Crippen molar-refractivity contribution in [2.75, 3.05) is 12.0 Å². The summed E-state index contributed by atoms with van der Waals surface area (Å²) in [4.78, 5) is 0. The predicted molar refractivity (Wildman–Crippen MR) is 96.6 cm³/mol. The van der Waals surface area contributed by atoms with Gasteiger partial charge >= 0.3 is 0 Å². The minimum Gasteiger partial charge on any atom is -0.507 e. The molecular weight excluding hydrogens is 359 g/mol. The van der Waals surface area contributed by atoms with Crippen molar-refractivity contribution in [2.45, 2.75) is 13.3 Å². The van der Waals surface area contributed by atoms with E-state index in [0.717, 1.165) is 6.42 Å². The molecule has 0 aliphatic carbocycles. The summed E-state index contributed by atoms with van der Waals surface area (Å²) in [6.07, 6.45) is 2.36. The standard InChI is InChI=1S/C16H15Cl3N2O2/c1-2-5-23-12-4-3-10(15(22)8-12)9-20-21-16-13(18)6-11(17)7-14(16)19/h3-4,6-9,21-22H,2,5H2,1H3/b20-9-. The monoisotopic (exact) mass is 372 g/mol. The van der Waals surface area contributed by atoms with Gasteiger partial charge in [0.05, 0.1) is 28.6 Å². The van der Waals surface area contributed by atoms with E-state index in [4.69, 9.17) is 39.5 Å². The third-order valence-corrected chi connectivity index (χ3v) is 3.68. The lowest BCUT2D eigenvalue weighted by Crippen LogP contribution is -1.96. The fraction of sp³-hybridized carbons (Fsp3) is 0.188. The number of ether oxygens (including phenoxy) is 1. The molecule has 4 nitrogen and oxygen atoms in total. The molecule has 0 bridgehead atoms. The lowest BCUT2D eigenvalue weighted by atomic mass is 10.2. The van der Waals surface area contributed by atoms with Gasteiger partial charge in [0.15, 0.2) is 0 Å². The average Bonchev–Trinajstić information content (AvgIpc) is 2.49. The number of halogens is 3. The van der Waals surface area contributed by atoms with Crippen molar-refractivity contribution in [3.8, 4) is 11.5 Å². The molecule has 0 aliphatic heterocycles. The fourth-order valence-corrected chi connectivity index (χ4v) is 2.66. The highest BCUT2D eigenvalue weighted by Crippen LogP contribution is 2.33. The fourth-order valence-electron chi connectivity index (χ4n) is 1.76. The van der Waals surface area contributed by atoms with E-state index in [1.807, 2.05) is 6.92 Å². The molecule has 0 saturated carbocycles. The van der Waals surface area contributed by atoms with Crippen LogP contribution in [0.2, 0.25) is 15.1 Å². The highest BCUT2D eigenvalue weighted by atomic mass is 35.5. The van der Waals surface area contributed by atoms with Crippen molar-refractivity contribution < 1.29 is 9.84 Å². The Bertz CT molecular complexity index is 697. The largest absolute Gasteiger partial charge is 0.507 e. The summed E-state index contributed by atoms with van der Waals surface area (Å²) in [6.45, 7) is 2.61. The number of hydrogen-bond donors (Lipinski definition) is 2. The second-order valence-electron chi connectivity index (χ2n) is 4.68. The van der Waals surface area contributed by atoms with Gasteiger partial charge in [-0.25, -0.2) is 0 Å². The Balaban J connectivity index is 2.09. The molecule has 0 heterocycles. The van der Waals surface area contributed by atoms with Gasteiger partial charge in [-0.3, -0.25) is 5.43 Å². The Hall–Kier alpha value is -1.62. The summed E-state index contributed by atoms with van der Waals surface area (Å²) in [5, 5.41) is 15.1. The third-order valence-electron chi connectivity index (χ3n) is 2.86. The van der Waals surface area contributed by atoms with Crippen molar-refractivity contribution in [2.24, 2.45) is 5.10 Å². The van der Waals surface area contributed by atoms with E-state index in [0.29, 0.717) is 38.7 Å². The van der Waals surface area contributed by atoms with Crippen LogP contribution in [0.4, 0.5) is 5.69 Å². The molecule has 0 saturated heterocycles. The molecule has 0 unspecified atom stereocenters. The zero-order valence-corrected chi connectivity index (χ0v) is 14.6. The number of anilines is 1. The average molecular weight is 374 g/mol. The number of benzene rings is 2. The number of hydrazone groups is 1. The Morgan fingerprint density at radius 3 is 2.48 bits per heavy atom. The molecule has 0 radical (unpaired) electrons. The van der Waals surface area contributed by atoms with Crippen molar-refractivity contribution in [1.29, 1.82) is 0 Å². The summed E-state index contributed by atoms with van der Waals surface area (Å²) in [7, 11) is 0. The van der Waals surface area contributed by atoms with Crippen LogP contribution in [0.5, 0.6) is 11.5 Å². The maximum absolute atomic E-state index is 9.96. The first kappa shape index (κ1) is 17.7. The lowest BCUT2D eigenvalue weighted by molar-refractivity contribution is 0.315. The number of nitrogens with one attached hydrogen (secondary N) is 1. The van der Waals surface area contributed by atoms with Crippen LogP contribution in [-0.2, 0) is 0 Å². The highest BCUT2D eigenvalue weighted by Gasteiger charge is 2.07. The van der Waals surface area contributed by atoms with Gasteiger partial charge in [-0.1, -0.05) is 41.7 Å². The third kappa shape index (κ3) is 4.93. The van der Waals surface area contributed by atoms with E-state index in [1.165, 1.54) is 6.21 Å². The van der Waals surface area contributed by atoms with E-state index in [2.05, 4.69) is 10.5 Å². The van der Waals surface area contributed by atoms with E-state index in [9.17, 15) is 5.11 Å². The molecule has 2 aromatic rings. The van der Waals surface area contributed by atoms with Gasteiger partial charge in [-0.05, 0) is 30.7 Å². The molecule has 0 aliphatic rings. The number of nitrogens with zero attached hydrogens (tertiary/aromatic N) is 1. The van der Waals surface area contributed by atoms with Crippen LogP contribution >= 0.6 is 34.8 Å². The molecule has 0 atom stereocenters. The molecule has 122 valence electrons. The van der Waals surface area contributed by atoms with Crippen LogP contribution in [0.1, 0.15) is 18.9 Å². The van der Waals surface area contributed by atoms with Gasteiger partial charge in [-0.2, -0.15) is 5.10 Å². The number of phenols is 1. The number of rotatable bonds is 6. The van der Waals surface area contributed by atoms with Crippen LogP contribution in [0, 0.1) is 0 Å². The molecule has 0 fully saturated rings. The van der Waals surface area contributed by atoms with Crippen molar-refractivity contribution in [3.05, 3.63) is 51.0 Å². The summed E-state index contributed by atoms with van der Waals surface area (Å²) in [5.74, 6) is 0.677. The van der Waals surface area contributed by atoms with Gasteiger partial charge in [0.25, 0.3) is 0 Å². The van der Waals surface area contributed by atoms with Crippen molar-refractivity contribution in [3.63, 3.8) is 0 Å². The van der Waals surface area contributed by atoms with E-state index in [1.54, 1.807) is 30.3 Å². The maximum Gasteiger partial charge on any atom is 0.128 e. The van der Waals surface area contributed by atoms with Crippen LogP contribution in [-0.4, -0.2) is 17.9 Å². The summed E-state index contributed by atoms with van der Waals surface area (Å²) in [6, 6.07) is 8.13. The number of aromatic hydroxyl groups is 1. The summed E-state index contributed by atoms with van der Waals surface area (Å²) < 4.78 is 5.44. The van der Waals surface area contributed by atoms with Crippen LogP contribution in [0.25, 0.3) is 0 Å². The smallest absolute Gasteiger partial charge is 0.128 e. The molecule has 23 heavy (non-hydrogen) atoms. The van der Waals surface area contributed by atoms with Gasteiger partial charge in [0.1, 0.15) is 11.5 Å². The Morgan fingerprint density at radius 1 is 1.17 bits per heavy atom. The van der Waals surface area contributed by atoms with Crippen LogP contribution in [0.3, 0.4) is 0 Å². The zero-order chi connectivity index (χ0) is 16.8. The first-order valence-electron chi connectivity index (χ1n) is 6.90. The van der Waals surface area contributed by atoms with Gasteiger partial charge in [0, 0.05) is 16.7 Å². The second-order valence-corrected chi connectivity index (χ2v) is 5.93. The zero-order valence-electron chi connectivity index (χ0n) is 12.3. The molecule has 2 rings (SSSR count). The lowest BCUT2D eigenvalue weighted by Gasteiger charge is -2.07. The van der Waals surface area contributed by atoms with Crippen molar-refractivity contribution in [1.82, 2.24) is 0 Å². The SMILES string of the molecule is CCCOc1ccc(/C=N\Nc2c(Cl)cc(Cl)cc2Cl)c(O)c1. The topological polar surface area (TPSA) is 53.8 Å². The number of hydrogen-bond acceptors (Lipinski definition) is 4. The molecule has 7 heteroatoms. The first-order chi connectivity index (χ1) is 11.0. The van der Waals surface area contributed by atoms with Gasteiger partial charge < -0.3 is 9.84 Å². The van der Waals surface area contributed by atoms with Gasteiger partial charge in [-0.15, -0.1) is 0 Å². The van der Waals surface area contributed by atoms with E-state index < -0.39 is 0 Å². The Kier molecular flexibility index (Phi) is 6.39. The minimum absolute atomic E-state index is 0.0671. The number of phenolic OH excluding ortho intramolecular Hbond substituents is 1. The maximum atomic E-state index is 9.96. The first-order valence-corrected chi connectivity index (χ1v) is 8.04. The highest BCUT2D eigenvalue weighted by molar-refractivity contribution is 6.41. The molecule has 0 amide bonds. The van der Waals surface area contributed by atoms with E-state index >= 15 is 0 Å². The Labute approximate surface area is 149 Å². The van der Waals surface area contributed by atoms with Crippen LogP contribution in [0.15, 0.2) is 35.4 Å². The molecule has 2 aromatic carbocycles. The van der Waals surface area contributed by atoms with Crippen LogP contribution < -0.4 is 10.2 Å². The molecule has 0 aromatic heterocycles. The predicted octanol–water partition coefficient (Wildman–Crippen LogP) is 5.59. The van der Waals surface area contributed by atoms with Crippen molar-refractivity contribution >= 4 is 46.7 Å². The summed E-state index contributed by atoms with van der Waals surface area (Å²) in [5.41, 5.74) is 3.71. The van der Waals surface area contributed by atoms with Gasteiger partial charge in [0.2, 0.25) is 0 Å². The molecule has 0 spiro atoms. The normalized spacial score (nSPS) is 11.0. The minimum atomic E-state index is 0.0671. The summed E-state index contributed by atoms with van der Waals surface area (Å²) >= 11 is 17.9.